The maximum absolute atomic E-state index is 5.38. The maximum atomic E-state index is 5.38. The summed E-state index contributed by atoms with van der Waals surface area (Å²) in [7, 11) is 0. The molecule has 0 amide bonds. The van der Waals surface area contributed by atoms with E-state index in [1.165, 1.54) is 0 Å². The highest BCUT2D eigenvalue weighted by Crippen LogP contribution is 2.00. The Balaban J connectivity index is 1.53. The molecule has 1 saturated heterocycles. The zero-order chi connectivity index (χ0) is 18.3. The van der Waals surface area contributed by atoms with Gasteiger partial charge in [-0.2, -0.15) is 0 Å². The first-order valence-electron chi connectivity index (χ1n) is 9.85. The molecule has 0 spiro atoms. The molecule has 1 aliphatic rings. The molecule has 0 atom stereocenters. The van der Waals surface area contributed by atoms with Gasteiger partial charge in [0.2, 0.25) is 0 Å². The van der Waals surface area contributed by atoms with Crippen molar-refractivity contribution in [2.75, 3.05) is 64.3 Å². The van der Waals surface area contributed by atoms with Crippen molar-refractivity contribution in [3.05, 3.63) is 24.4 Å². The zero-order valence-electron chi connectivity index (χ0n) is 16.0. The number of anilines is 1. The number of ether oxygens (including phenoxy) is 1. The van der Waals surface area contributed by atoms with Gasteiger partial charge in [0, 0.05) is 52.0 Å². The Kier molecular flexibility index (Phi) is 10.5. The smallest absolute Gasteiger partial charge is 0.191 e. The molecule has 0 saturated carbocycles. The first kappa shape index (κ1) is 20.5. The van der Waals surface area contributed by atoms with Crippen LogP contribution in [0.15, 0.2) is 29.4 Å². The summed E-state index contributed by atoms with van der Waals surface area (Å²) in [6.45, 7) is 10.6. The van der Waals surface area contributed by atoms with Gasteiger partial charge in [0.15, 0.2) is 5.96 Å². The Labute approximate surface area is 157 Å². The van der Waals surface area contributed by atoms with E-state index < -0.39 is 0 Å². The maximum Gasteiger partial charge on any atom is 0.191 e. The highest BCUT2D eigenvalue weighted by molar-refractivity contribution is 5.79. The lowest BCUT2D eigenvalue weighted by Crippen LogP contribution is -2.38. The van der Waals surface area contributed by atoms with E-state index in [1.54, 1.807) is 0 Å². The number of nitrogens with zero attached hydrogens (tertiary/aromatic N) is 3. The second-order valence-corrected chi connectivity index (χ2v) is 6.34. The van der Waals surface area contributed by atoms with Crippen molar-refractivity contribution in [3.8, 4) is 0 Å². The Morgan fingerprint density at radius 2 is 2.00 bits per heavy atom. The Bertz CT molecular complexity index is 490. The molecule has 0 unspecified atom stereocenters. The average Bonchev–Trinajstić information content (AvgIpc) is 2.69. The van der Waals surface area contributed by atoms with Gasteiger partial charge in [-0.3, -0.25) is 9.89 Å². The number of pyridine rings is 1. The molecular formula is C19H34N6O. The lowest BCUT2D eigenvalue weighted by atomic mass is 10.3. The molecule has 1 fully saturated rings. The molecular weight excluding hydrogens is 328 g/mol. The summed E-state index contributed by atoms with van der Waals surface area (Å²) >= 11 is 0. The van der Waals surface area contributed by atoms with E-state index in [0.29, 0.717) is 0 Å². The first-order valence-corrected chi connectivity index (χ1v) is 9.85. The van der Waals surface area contributed by atoms with Gasteiger partial charge in [0.25, 0.3) is 0 Å². The third-order valence-electron chi connectivity index (χ3n) is 4.22. The summed E-state index contributed by atoms with van der Waals surface area (Å²) < 4.78 is 5.38. The molecule has 7 nitrogen and oxygen atoms in total. The number of guanidine groups is 1. The third kappa shape index (κ3) is 9.01. The van der Waals surface area contributed by atoms with Crippen LogP contribution >= 0.6 is 0 Å². The van der Waals surface area contributed by atoms with Crippen LogP contribution in [0.5, 0.6) is 0 Å². The van der Waals surface area contributed by atoms with Gasteiger partial charge in [0.1, 0.15) is 5.82 Å². The summed E-state index contributed by atoms with van der Waals surface area (Å²) in [5, 5.41) is 10.1. The monoisotopic (exact) mass is 362 g/mol. The normalized spacial score (nSPS) is 15.7. The van der Waals surface area contributed by atoms with E-state index in [-0.39, 0.29) is 0 Å². The van der Waals surface area contributed by atoms with Gasteiger partial charge >= 0.3 is 0 Å². The van der Waals surface area contributed by atoms with Crippen LogP contribution in [0.2, 0.25) is 0 Å². The van der Waals surface area contributed by atoms with Crippen molar-refractivity contribution < 1.29 is 4.74 Å². The van der Waals surface area contributed by atoms with Crippen LogP contribution in [-0.4, -0.2) is 74.9 Å². The highest BCUT2D eigenvalue weighted by atomic mass is 16.5. The van der Waals surface area contributed by atoms with Crippen LogP contribution in [0.3, 0.4) is 0 Å². The summed E-state index contributed by atoms with van der Waals surface area (Å²) in [5.41, 5.74) is 0. The molecule has 0 aromatic carbocycles. The fourth-order valence-corrected chi connectivity index (χ4v) is 2.79. The Morgan fingerprint density at radius 3 is 2.77 bits per heavy atom. The molecule has 0 radical (unpaired) electrons. The molecule has 0 aliphatic carbocycles. The van der Waals surface area contributed by atoms with E-state index >= 15 is 0 Å². The fourth-order valence-electron chi connectivity index (χ4n) is 2.79. The van der Waals surface area contributed by atoms with Crippen LogP contribution in [-0.2, 0) is 4.74 Å². The summed E-state index contributed by atoms with van der Waals surface area (Å²) in [4.78, 5) is 11.4. The standard InChI is InChI=1S/C19H34N6O/c1-2-20-19(24-12-7-13-25-14-16-26-17-15-25)23-11-6-5-10-22-18-8-3-4-9-21-18/h3-4,8-9H,2,5-7,10-17H2,1H3,(H,21,22)(H2,20,23,24). The van der Waals surface area contributed by atoms with Gasteiger partial charge < -0.3 is 20.7 Å². The van der Waals surface area contributed by atoms with Crippen LogP contribution in [0, 0.1) is 0 Å². The third-order valence-corrected chi connectivity index (χ3v) is 4.22. The van der Waals surface area contributed by atoms with Crippen molar-refractivity contribution >= 4 is 11.8 Å². The first-order chi connectivity index (χ1) is 12.9. The van der Waals surface area contributed by atoms with Gasteiger partial charge in [-0.15, -0.1) is 0 Å². The van der Waals surface area contributed by atoms with E-state index in [2.05, 4.69) is 37.8 Å². The number of unbranched alkanes of at least 4 members (excludes halogenated alkanes) is 1. The highest BCUT2D eigenvalue weighted by Gasteiger charge is 2.08. The average molecular weight is 363 g/mol. The molecule has 146 valence electrons. The van der Waals surface area contributed by atoms with E-state index in [1.807, 2.05) is 24.4 Å². The number of aromatic nitrogens is 1. The van der Waals surface area contributed by atoms with Crippen molar-refractivity contribution in [3.63, 3.8) is 0 Å². The number of morpholine rings is 1. The van der Waals surface area contributed by atoms with Crippen LogP contribution in [0.25, 0.3) is 0 Å². The Hall–Kier alpha value is -1.86. The number of nitrogens with one attached hydrogen (secondary N) is 3. The topological polar surface area (TPSA) is 73.8 Å². The van der Waals surface area contributed by atoms with Gasteiger partial charge in [0.05, 0.1) is 13.2 Å². The van der Waals surface area contributed by atoms with Crippen molar-refractivity contribution in [1.29, 1.82) is 0 Å². The minimum absolute atomic E-state index is 0.855. The van der Waals surface area contributed by atoms with Crippen LogP contribution in [0.4, 0.5) is 5.82 Å². The predicted octanol–water partition coefficient (Wildman–Crippen LogP) is 1.55. The van der Waals surface area contributed by atoms with E-state index in [9.17, 15) is 0 Å². The quantitative estimate of drug-likeness (QED) is 0.315. The van der Waals surface area contributed by atoms with Crippen LogP contribution < -0.4 is 16.0 Å². The summed E-state index contributed by atoms with van der Waals surface area (Å²) in [6.07, 6.45) is 5.09. The number of hydrogen-bond donors (Lipinski definition) is 3. The van der Waals surface area contributed by atoms with Crippen molar-refractivity contribution in [2.24, 2.45) is 4.99 Å². The molecule has 2 rings (SSSR count). The van der Waals surface area contributed by atoms with E-state index in [4.69, 9.17) is 4.74 Å². The number of hydrogen-bond acceptors (Lipinski definition) is 5. The lowest BCUT2D eigenvalue weighted by molar-refractivity contribution is 0.0377. The fraction of sp³-hybridized carbons (Fsp3) is 0.684. The SMILES string of the molecule is CCNC(=NCCCN1CCOCC1)NCCCCNc1ccccn1. The molecule has 1 aliphatic heterocycles. The summed E-state index contributed by atoms with van der Waals surface area (Å²) in [5.74, 6) is 1.86. The zero-order valence-corrected chi connectivity index (χ0v) is 16.0. The minimum atomic E-state index is 0.855. The second-order valence-electron chi connectivity index (χ2n) is 6.34. The van der Waals surface area contributed by atoms with Gasteiger partial charge in [-0.1, -0.05) is 6.07 Å². The van der Waals surface area contributed by atoms with Crippen molar-refractivity contribution in [2.45, 2.75) is 26.2 Å². The molecule has 1 aromatic rings. The lowest BCUT2D eigenvalue weighted by Gasteiger charge is -2.26. The molecule has 2 heterocycles. The Morgan fingerprint density at radius 1 is 1.15 bits per heavy atom. The molecule has 7 heteroatoms. The largest absolute Gasteiger partial charge is 0.379 e. The number of aliphatic imine (C=N–C) groups is 1. The van der Waals surface area contributed by atoms with Crippen LogP contribution in [0.1, 0.15) is 26.2 Å². The van der Waals surface area contributed by atoms with Gasteiger partial charge in [-0.25, -0.2) is 4.98 Å². The predicted molar refractivity (Wildman–Crippen MR) is 108 cm³/mol. The molecule has 0 bridgehead atoms. The number of rotatable bonds is 11. The molecule has 1 aromatic heterocycles. The molecule has 3 N–H and O–H groups in total. The van der Waals surface area contributed by atoms with E-state index in [0.717, 1.165) is 90.1 Å². The molecule has 26 heavy (non-hydrogen) atoms. The summed E-state index contributed by atoms with van der Waals surface area (Å²) in [6, 6.07) is 5.91. The van der Waals surface area contributed by atoms with Gasteiger partial charge in [-0.05, 0) is 38.3 Å². The minimum Gasteiger partial charge on any atom is -0.379 e. The van der Waals surface area contributed by atoms with Crippen molar-refractivity contribution in [1.82, 2.24) is 20.5 Å². The second kappa shape index (κ2) is 13.4.